The van der Waals surface area contributed by atoms with E-state index in [0.717, 1.165) is 0 Å². The van der Waals surface area contributed by atoms with Crippen molar-refractivity contribution >= 4 is 6.08 Å². The fourth-order valence-electron chi connectivity index (χ4n) is 1.82. The Morgan fingerprint density at radius 2 is 2.25 bits per heavy atom. The predicted molar refractivity (Wildman–Crippen MR) is 52.9 cm³/mol. The number of benzene rings is 1. The molecule has 0 aliphatic heterocycles. The summed E-state index contributed by atoms with van der Waals surface area (Å²) in [6.45, 7) is 3.82. The first-order valence-electron chi connectivity index (χ1n) is 4.49. The van der Waals surface area contributed by atoms with Crippen molar-refractivity contribution in [2.24, 2.45) is 0 Å². The van der Waals surface area contributed by atoms with E-state index in [4.69, 9.17) is 0 Å². The van der Waals surface area contributed by atoms with E-state index in [0.29, 0.717) is 0 Å². The maximum Gasteiger partial charge on any atom is -0.00840 e. The third-order valence-corrected chi connectivity index (χ3v) is 2.45. The lowest BCUT2D eigenvalue weighted by Gasteiger charge is -2.17. The van der Waals surface area contributed by atoms with Crippen LogP contribution in [-0.2, 0) is 6.42 Å². The van der Waals surface area contributed by atoms with Crippen LogP contribution in [0.5, 0.6) is 0 Å². The fourth-order valence-corrected chi connectivity index (χ4v) is 1.82. The van der Waals surface area contributed by atoms with E-state index in [2.05, 4.69) is 31.2 Å². The Hall–Kier alpha value is -1.04. The molecule has 0 aromatic heterocycles. The lowest BCUT2D eigenvalue weighted by atomic mass is 9.88. The van der Waals surface area contributed by atoms with Crippen LogP contribution in [0.1, 0.15) is 29.5 Å². The predicted octanol–water partition coefficient (Wildman–Crippen LogP) is 3.22. The third-order valence-electron chi connectivity index (χ3n) is 2.45. The number of aryl methyl sites for hydroxylation is 1. The summed E-state index contributed by atoms with van der Waals surface area (Å²) in [5.41, 5.74) is 4.18. The van der Waals surface area contributed by atoms with E-state index in [1.54, 1.807) is 0 Å². The molecule has 1 radical (unpaired) electrons. The average molecular weight is 157 g/mol. The molecule has 1 aromatic carbocycles. The van der Waals surface area contributed by atoms with Crippen LogP contribution in [0.25, 0.3) is 6.08 Å². The number of fused-ring (bicyclic) bond motifs is 1. The van der Waals surface area contributed by atoms with Gasteiger partial charge in [0.2, 0.25) is 0 Å². The minimum absolute atomic E-state index is 1.22. The lowest BCUT2D eigenvalue weighted by molar-refractivity contribution is 0.774. The maximum atomic E-state index is 3.82. The molecule has 0 heteroatoms. The second-order valence-corrected chi connectivity index (χ2v) is 3.22. The standard InChI is InChI=1S/C12H13/c1-2-10-7-5-8-11-6-3-4-9-12(10)11/h2,5,7-9H,1,3-4,6H2. The summed E-state index contributed by atoms with van der Waals surface area (Å²) in [7, 11) is 0. The van der Waals surface area contributed by atoms with Gasteiger partial charge in [0, 0.05) is 0 Å². The largest absolute Gasteiger partial charge is 0.0985 e. The zero-order chi connectivity index (χ0) is 8.39. The zero-order valence-electron chi connectivity index (χ0n) is 7.22. The van der Waals surface area contributed by atoms with Gasteiger partial charge >= 0.3 is 0 Å². The molecule has 0 bridgehead atoms. The molecule has 0 fully saturated rings. The molecule has 0 nitrogen and oxygen atoms in total. The van der Waals surface area contributed by atoms with Crippen molar-refractivity contribution in [2.75, 3.05) is 0 Å². The number of hydrogen-bond acceptors (Lipinski definition) is 0. The molecule has 0 atom stereocenters. The summed E-state index contributed by atoms with van der Waals surface area (Å²) in [4.78, 5) is 0. The first-order valence-corrected chi connectivity index (χ1v) is 4.49. The minimum Gasteiger partial charge on any atom is -0.0985 e. The summed E-state index contributed by atoms with van der Waals surface area (Å²) in [5.74, 6) is 0. The molecule has 1 aromatic rings. The lowest BCUT2D eigenvalue weighted by Crippen LogP contribution is -2.02. The Morgan fingerprint density at radius 1 is 1.33 bits per heavy atom. The first-order chi connectivity index (χ1) is 5.92. The van der Waals surface area contributed by atoms with Gasteiger partial charge in [-0.2, -0.15) is 0 Å². The fraction of sp³-hybridized carbons (Fsp3) is 0.250. The van der Waals surface area contributed by atoms with Crippen molar-refractivity contribution in [3.05, 3.63) is 47.9 Å². The van der Waals surface area contributed by atoms with E-state index in [9.17, 15) is 0 Å². The normalized spacial score (nSPS) is 15.3. The average Bonchev–Trinajstić information content (AvgIpc) is 2.17. The second-order valence-electron chi connectivity index (χ2n) is 3.22. The van der Waals surface area contributed by atoms with Crippen molar-refractivity contribution in [1.29, 1.82) is 0 Å². The Labute approximate surface area is 73.9 Å². The summed E-state index contributed by atoms with van der Waals surface area (Å²) in [6, 6.07) is 6.47. The van der Waals surface area contributed by atoms with Gasteiger partial charge in [0.25, 0.3) is 0 Å². The third kappa shape index (κ3) is 1.18. The highest BCUT2D eigenvalue weighted by atomic mass is 14.1. The molecular formula is C12H13. The zero-order valence-corrected chi connectivity index (χ0v) is 7.22. The van der Waals surface area contributed by atoms with E-state index < -0.39 is 0 Å². The van der Waals surface area contributed by atoms with Crippen LogP contribution in [0.4, 0.5) is 0 Å². The van der Waals surface area contributed by atoms with Crippen LogP contribution in [0.2, 0.25) is 0 Å². The Morgan fingerprint density at radius 3 is 3.08 bits per heavy atom. The van der Waals surface area contributed by atoms with Gasteiger partial charge in [0.1, 0.15) is 0 Å². The summed E-state index contributed by atoms with van der Waals surface area (Å²) >= 11 is 0. The second kappa shape index (κ2) is 3.14. The van der Waals surface area contributed by atoms with Crippen LogP contribution < -0.4 is 0 Å². The molecule has 1 aliphatic carbocycles. The van der Waals surface area contributed by atoms with Gasteiger partial charge in [-0.1, -0.05) is 30.9 Å². The van der Waals surface area contributed by atoms with Crippen molar-refractivity contribution < 1.29 is 0 Å². The summed E-state index contributed by atoms with van der Waals surface area (Å²) < 4.78 is 0. The van der Waals surface area contributed by atoms with Gasteiger partial charge in [-0.05, 0) is 42.4 Å². The molecule has 0 spiro atoms. The molecule has 0 saturated heterocycles. The van der Waals surface area contributed by atoms with Crippen molar-refractivity contribution in [3.63, 3.8) is 0 Å². The van der Waals surface area contributed by atoms with E-state index in [1.165, 1.54) is 36.0 Å². The van der Waals surface area contributed by atoms with Crippen molar-refractivity contribution in [2.45, 2.75) is 19.3 Å². The van der Waals surface area contributed by atoms with Gasteiger partial charge in [0.15, 0.2) is 0 Å². The SMILES string of the molecule is C=Cc1cccc2c1[CH]CCC2. The van der Waals surface area contributed by atoms with Crippen LogP contribution >= 0.6 is 0 Å². The Balaban J connectivity index is 2.51. The highest BCUT2D eigenvalue weighted by Gasteiger charge is 2.10. The number of rotatable bonds is 1. The van der Waals surface area contributed by atoms with Gasteiger partial charge < -0.3 is 0 Å². The highest BCUT2D eigenvalue weighted by Crippen LogP contribution is 2.26. The molecule has 12 heavy (non-hydrogen) atoms. The topological polar surface area (TPSA) is 0 Å². The van der Waals surface area contributed by atoms with E-state index >= 15 is 0 Å². The summed E-state index contributed by atoms with van der Waals surface area (Å²) in [5, 5.41) is 0. The molecule has 2 rings (SSSR count). The van der Waals surface area contributed by atoms with E-state index in [-0.39, 0.29) is 0 Å². The molecule has 0 heterocycles. The van der Waals surface area contributed by atoms with Gasteiger partial charge in [-0.25, -0.2) is 0 Å². The maximum absolute atomic E-state index is 3.82. The molecular weight excluding hydrogens is 144 g/mol. The van der Waals surface area contributed by atoms with Crippen LogP contribution in [-0.4, -0.2) is 0 Å². The monoisotopic (exact) mass is 157 g/mol. The Kier molecular flexibility index (Phi) is 1.99. The molecule has 0 unspecified atom stereocenters. The van der Waals surface area contributed by atoms with Crippen molar-refractivity contribution in [3.8, 4) is 0 Å². The van der Waals surface area contributed by atoms with Gasteiger partial charge in [0.05, 0.1) is 0 Å². The quantitative estimate of drug-likeness (QED) is 0.587. The molecule has 0 saturated carbocycles. The number of hydrogen-bond donors (Lipinski definition) is 0. The van der Waals surface area contributed by atoms with Crippen LogP contribution in [0.15, 0.2) is 24.8 Å². The van der Waals surface area contributed by atoms with Crippen LogP contribution in [0.3, 0.4) is 0 Å². The van der Waals surface area contributed by atoms with Gasteiger partial charge in [-0.15, -0.1) is 0 Å². The molecule has 61 valence electrons. The van der Waals surface area contributed by atoms with Crippen molar-refractivity contribution in [1.82, 2.24) is 0 Å². The minimum atomic E-state index is 1.22. The first kappa shape index (κ1) is 7.60. The van der Waals surface area contributed by atoms with Gasteiger partial charge in [-0.3, -0.25) is 0 Å². The molecule has 0 N–H and O–H groups in total. The molecule has 0 amide bonds. The van der Waals surface area contributed by atoms with E-state index in [1.807, 2.05) is 6.08 Å². The highest BCUT2D eigenvalue weighted by molar-refractivity contribution is 5.57. The Bertz CT molecular complexity index is 297. The smallest absolute Gasteiger partial charge is 0.00840 e. The van der Waals surface area contributed by atoms with Crippen LogP contribution in [0, 0.1) is 6.42 Å². The molecule has 1 aliphatic rings. The summed E-state index contributed by atoms with van der Waals surface area (Å²) in [6.07, 6.45) is 8.02.